The molecule has 0 saturated heterocycles. The molecular weight excluding hydrogens is 566 g/mol. The van der Waals surface area contributed by atoms with Gasteiger partial charge in [0.1, 0.15) is 5.60 Å². The molecule has 0 unspecified atom stereocenters. The fourth-order valence-electron chi connectivity index (χ4n) is 4.36. The zero-order valence-electron chi connectivity index (χ0n) is 22.7. The van der Waals surface area contributed by atoms with E-state index in [0.717, 1.165) is 18.4 Å². The molecule has 15 heteroatoms. The van der Waals surface area contributed by atoms with E-state index in [-0.39, 0.29) is 22.5 Å². The zero-order chi connectivity index (χ0) is 29.0. The maximum absolute atomic E-state index is 13.5. The molecule has 1 amide bonds. The summed E-state index contributed by atoms with van der Waals surface area (Å²) in [6.45, 7) is 7.81. The summed E-state index contributed by atoms with van der Waals surface area (Å²) < 4.78 is 68.6. The fraction of sp³-hybridized carbons (Fsp3) is 0.520. The maximum Gasteiger partial charge on any atom is 0.410 e. The van der Waals surface area contributed by atoms with Crippen LogP contribution < -0.4 is 9.46 Å². The zero-order valence-corrected chi connectivity index (χ0v) is 24.3. The minimum atomic E-state index is -3.95. The van der Waals surface area contributed by atoms with Crippen LogP contribution in [-0.4, -0.2) is 70.7 Å². The Bertz CT molecular complexity index is 1610. The Balaban J connectivity index is 1.64. The molecule has 1 aliphatic heterocycles. The van der Waals surface area contributed by atoms with Gasteiger partial charge in [-0.05, 0) is 70.2 Å². The third-order valence-corrected chi connectivity index (χ3v) is 9.14. The number of alkyl halides is 2. The van der Waals surface area contributed by atoms with E-state index in [2.05, 4.69) is 20.0 Å². The van der Waals surface area contributed by atoms with Crippen LogP contribution in [0.5, 0.6) is 5.88 Å². The lowest BCUT2D eigenvalue weighted by atomic mass is 9.96. The number of ether oxygens (including phenoxy) is 2. The lowest BCUT2D eigenvalue weighted by Gasteiger charge is -2.30. The van der Waals surface area contributed by atoms with Crippen molar-refractivity contribution in [2.75, 3.05) is 20.2 Å². The summed E-state index contributed by atoms with van der Waals surface area (Å²) in [6.07, 6.45) is 0.434. The number of rotatable bonds is 7. The number of amides is 1. The van der Waals surface area contributed by atoms with Gasteiger partial charge in [0.25, 0.3) is 6.43 Å². The molecule has 2 aromatic heterocycles. The average molecular weight is 597 g/mol. The molecule has 1 aliphatic carbocycles. The van der Waals surface area contributed by atoms with Crippen LogP contribution in [0.2, 0.25) is 0 Å². The van der Waals surface area contributed by atoms with Crippen molar-refractivity contribution >= 4 is 43.9 Å². The molecule has 1 fully saturated rings. The Morgan fingerprint density at radius 2 is 1.95 bits per heavy atom. The van der Waals surface area contributed by atoms with Crippen LogP contribution in [0.25, 0.3) is 21.6 Å². The molecule has 0 radical (unpaired) electrons. The number of nitrogens with one attached hydrogen (secondary N) is 1. The van der Waals surface area contributed by atoms with Crippen LogP contribution in [0.3, 0.4) is 0 Å². The largest absolute Gasteiger partial charge is 0.479 e. The summed E-state index contributed by atoms with van der Waals surface area (Å²) in [7, 11) is -2.54. The molecule has 40 heavy (non-hydrogen) atoms. The molecule has 0 atom stereocenters. The van der Waals surface area contributed by atoms with Gasteiger partial charge in [0.05, 0.1) is 22.9 Å². The second-order valence-electron chi connectivity index (χ2n) is 11.1. The quantitative estimate of drug-likeness (QED) is 0.417. The molecular formula is C25H30F2N6O5S2. The number of nitrogens with zero attached hydrogens (tertiary/aromatic N) is 5. The summed E-state index contributed by atoms with van der Waals surface area (Å²) >= 11 is 0.650. The number of aromatic nitrogens is 4. The van der Waals surface area contributed by atoms with Crippen molar-refractivity contribution in [3.63, 3.8) is 0 Å². The number of hydrogen-bond acceptors (Lipinski definition) is 9. The van der Waals surface area contributed by atoms with Gasteiger partial charge in [-0.25, -0.2) is 31.4 Å². The first-order chi connectivity index (χ1) is 18.7. The fourth-order valence-corrected chi connectivity index (χ4v) is 6.54. The summed E-state index contributed by atoms with van der Waals surface area (Å²) in [4.78, 5) is 14.1. The molecule has 1 saturated carbocycles. The van der Waals surface area contributed by atoms with E-state index in [4.69, 9.17) is 9.47 Å². The van der Waals surface area contributed by atoms with E-state index < -0.39 is 38.7 Å². The lowest BCUT2D eigenvalue weighted by Crippen LogP contribution is -2.39. The Kier molecular flexibility index (Phi) is 7.11. The lowest BCUT2D eigenvalue weighted by molar-refractivity contribution is 0.0270. The smallest absolute Gasteiger partial charge is 0.410 e. The Labute approximate surface area is 234 Å². The van der Waals surface area contributed by atoms with Gasteiger partial charge in [-0.1, -0.05) is 17.4 Å². The number of sulfonamides is 1. The summed E-state index contributed by atoms with van der Waals surface area (Å²) in [6, 6.07) is 2.99. The van der Waals surface area contributed by atoms with Gasteiger partial charge < -0.3 is 14.4 Å². The van der Waals surface area contributed by atoms with Gasteiger partial charge in [-0.3, -0.25) is 0 Å². The number of methoxy groups -OCH3 is 1. The highest BCUT2D eigenvalue weighted by Crippen LogP contribution is 2.40. The molecule has 1 aromatic carbocycles. The first kappa shape index (κ1) is 28.4. The molecule has 0 spiro atoms. The minimum Gasteiger partial charge on any atom is -0.479 e. The number of halogens is 2. The minimum absolute atomic E-state index is 0.0130. The SMILES string of the molecule is COc1nn(-c2nnc(C(F)F)s2)c2cc(S(=O)(=O)NC3(C)CC3)cc(C3=CCN(C(=O)OC(C)(C)C)CC3)c12. The second-order valence-corrected chi connectivity index (χ2v) is 13.8. The Morgan fingerprint density at radius 3 is 2.50 bits per heavy atom. The first-order valence-corrected chi connectivity index (χ1v) is 14.9. The molecule has 1 N–H and O–H groups in total. The van der Waals surface area contributed by atoms with E-state index in [1.54, 1.807) is 31.7 Å². The van der Waals surface area contributed by atoms with Crippen molar-refractivity contribution in [3.8, 4) is 11.0 Å². The van der Waals surface area contributed by atoms with Crippen LogP contribution >= 0.6 is 11.3 Å². The third kappa shape index (κ3) is 5.67. The van der Waals surface area contributed by atoms with Crippen molar-refractivity contribution in [2.45, 2.75) is 69.4 Å². The topological polar surface area (TPSA) is 129 Å². The summed E-state index contributed by atoms with van der Waals surface area (Å²) in [5, 5.41) is 11.9. The average Bonchev–Trinajstić information content (AvgIpc) is 3.27. The van der Waals surface area contributed by atoms with E-state index in [9.17, 15) is 22.0 Å². The van der Waals surface area contributed by atoms with Gasteiger partial charge in [0, 0.05) is 18.6 Å². The molecule has 2 aliphatic rings. The van der Waals surface area contributed by atoms with Crippen LogP contribution in [0.4, 0.5) is 13.6 Å². The molecule has 3 aromatic rings. The normalized spacial score (nSPS) is 17.3. The van der Waals surface area contributed by atoms with Gasteiger partial charge in [0.15, 0.2) is 5.01 Å². The van der Waals surface area contributed by atoms with E-state index in [0.29, 0.717) is 40.8 Å². The van der Waals surface area contributed by atoms with Crippen LogP contribution in [0, 0.1) is 0 Å². The predicted molar refractivity (Wildman–Crippen MR) is 144 cm³/mol. The molecule has 5 rings (SSSR count). The van der Waals surface area contributed by atoms with E-state index in [1.165, 1.54) is 17.9 Å². The first-order valence-electron chi connectivity index (χ1n) is 12.6. The molecule has 216 valence electrons. The number of carbonyl (C=O) groups excluding carboxylic acids is 1. The van der Waals surface area contributed by atoms with Gasteiger partial charge in [-0.15, -0.1) is 15.3 Å². The van der Waals surface area contributed by atoms with Crippen LogP contribution in [0.15, 0.2) is 23.1 Å². The van der Waals surface area contributed by atoms with Crippen LogP contribution in [-0.2, 0) is 14.8 Å². The van der Waals surface area contributed by atoms with Crippen molar-refractivity contribution in [3.05, 3.63) is 28.8 Å². The standard InChI is InChI=1S/C25H30F2N6O5S2/c1-24(2,3)38-23(34)32-10-6-14(7-11-32)16-12-15(40(35,36)31-25(4)8-9-25)13-17-18(16)20(37-5)30-33(17)22-29-28-21(39-22)19(26)27/h6,12-13,19,31H,7-11H2,1-5H3. The highest BCUT2D eigenvalue weighted by molar-refractivity contribution is 7.89. The van der Waals surface area contributed by atoms with Crippen LogP contribution in [0.1, 0.15) is 64.0 Å². The summed E-state index contributed by atoms with van der Waals surface area (Å²) in [5.41, 5.74) is 0.475. The van der Waals surface area contributed by atoms with Crippen molar-refractivity contribution in [1.29, 1.82) is 0 Å². The molecule has 0 bridgehead atoms. The van der Waals surface area contributed by atoms with Gasteiger partial charge >= 0.3 is 6.09 Å². The highest BCUT2D eigenvalue weighted by Gasteiger charge is 2.41. The monoisotopic (exact) mass is 596 g/mol. The van der Waals surface area contributed by atoms with E-state index in [1.807, 2.05) is 13.0 Å². The predicted octanol–water partition coefficient (Wildman–Crippen LogP) is 4.68. The Morgan fingerprint density at radius 1 is 1.23 bits per heavy atom. The second kappa shape index (κ2) is 10.0. The van der Waals surface area contributed by atoms with Crippen molar-refractivity contribution in [1.82, 2.24) is 29.6 Å². The number of benzene rings is 1. The van der Waals surface area contributed by atoms with Crippen molar-refractivity contribution in [2.24, 2.45) is 0 Å². The van der Waals surface area contributed by atoms with E-state index >= 15 is 0 Å². The number of carbonyl (C=O) groups is 1. The van der Waals surface area contributed by atoms with Crippen molar-refractivity contribution < 1.29 is 31.5 Å². The summed E-state index contributed by atoms with van der Waals surface area (Å²) in [5.74, 6) is 0.167. The number of hydrogen-bond donors (Lipinski definition) is 1. The third-order valence-electron chi connectivity index (χ3n) is 6.61. The van der Waals surface area contributed by atoms with Gasteiger partial charge in [0.2, 0.25) is 21.0 Å². The Hall–Kier alpha value is -3.17. The van der Waals surface area contributed by atoms with Gasteiger partial charge in [-0.2, -0.15) is 0 Å². The molecule has 3 heterocycles. The molecule has 11 nitrogen and oxygen atoms in total. The number of fused-ring (bicyclic) bond motifs is 1. The highest BCUT2D eigenvalue weighted by atomic mass is 32.2. The maximum atomic E-state index is 13.5.